The molecule has 1 rings (SSSR count). The zero-order valence-corrected chi connectivity index (χ0v) is 7.22. The Bertz CT molecular complexity index is 280. The predicted octanol–water partition coefficient (Wildman–Crippen LogP) is 1.36. The van der Waals surface area contributed by atoms with Gasteiger partial charge >= 0.3 is 0 Å². The summed E-state index contributed by atoms with van der Waals surface area (Å²) in [5.74, 6) is 0. The van der Waals surface area contributed by atoms with Gasteiger partial charge in [0, 0.05) is 13.2 Å². The number of carbonyl (C=O) groups is 1. The van der Waals surface area contributed by atoms with Crippen LogP contribution in [0.25, 0.3) is 0 Å². The molecule has 0 fully saturated rings. The SMILES string of the molecule is CCc1nn(C)cc1C(=O)Cl. The summed E-state index contributed by atoms with van der Waals surface area (Å²) in [6.45, 7) is 1.94. The van der Waals surface area contributed by atoms with Gasteiger partial charge < -0.3 is 0 Å². The van der Waals surface area contributed by atoms with Gasteiger partial charge in [0.05, 0.1) is 11.3 Å². The number of rotatable bonds is 2. The van der Waals surface area contributed by atoms with E-state index in [0.29, 0.717) is 5.56 Å². The van der Waals surface area contributed by atoms with Crippen molar-refractivity contribution in [2.45, 2.75) is 13.3 Å². The van der Waals surface area contributed by atoms with E-state index in [2.05, 4.69) is 5.10 Å². The summed E-state index contributed by atoms with van der Waals surface area (Å²) in [7, 11) is 1.77. The zero-order chi connectivity index (χ0) is 8.43. The zero-order valence-electron chi connectivity index (χ0n) is 6.47. The molecule has 60 valence electrons. The van der Waals surface area contributed by atoms with Crippen LogP contribution in [0.3, 0.4) is 0 Å². The lowest BCUT2D eigenvalue weighted by molar-refractivity contribution is 0.108. The average Bonchev–Trinajstić information content (AvgIpc) is 2.30. The quantitative estimate of drug-likeness (QED) is 0.632. The third-order valence-corrected chi connectivity index (χ3v) is 1.66. The maximum Gasteiger partial charge on any atom is 0.255 e. The Kier molecular flexibility index (Phi) is 2.29. The number of aryl methyl sites for hydroxylation is 2. The van der Waals surface area contributed by atoms with Gasteiger partial charge in [-0.3, -0.25) is 9.48 Å². The van der Waals surface area contributed by atoms with Crippen LogP contribution >= 0.6 is 11.6 Å². The second-order valence-electron chi connectivity index (χ2n) is 2.29. The molecule has 1 aromatic heterocycles. The van der Waals surface area contributed by atoms with Crippen LogP contribution in [0.15, 0.2) is 6.20 Å². The van der Waals surface area contributed by atoms with Gasteiger partial charge in [-0.25, -0.2) is 0 Å². The number of hydrogen-bond donors (Lipinski definition) is 0. The van der Waals surface area contributed by atoms with Gasteiger partial charge in [-0.05, 0) is 18.0 Å². The highest BCUT2D eigenvalue weighted by Crippen LogP contribution is 2.09. The number of nitrogens with zero attached hydrogens (tertiary/aromatic N) is 2. The highest BCUT2D eigenvalue weighted by molar-refractivity contribution is 6.67. The first kappa shape index (κ1) is 8.27. The van der Waals surface area contributed by atoms with E-state index < -0.39 is 5.24 Å². The van der Waals surface area contributed by atoms with Crippen LogP contribution in [0.4, 0.5) is 0 Å². The van der Waals surface area contributed by atoms with E-state index in [1.165, 1.54) is 0 Å². The minimum Gasteiger partial charge on any atom is -0.275 e. The molecule has 0 aliphatic rings. The lowest BCUT2D eigenvalue weighted by Crippen LogP contribution is -1.92. The molecule has 0 bridgehead atoms. The third kappa shape index (κ3) is 1.60. The molecule has 1 aromatic rings. The van der Waals surface area contributed by atoms with Crippen molar-refractivity contribution in [3.8, 4) is 0 Å². The molecular weight excluding hydrogens is 164 g/mol. The normalized spacial score (nSPS) is 10.1. The van der Waals surface area contributed by atoms with Crippen LogP contribution in [0.5, 0.6) is 0 Å². The Labute approximate surface area is 70.0 Å². The molecule has 0 N–H and O–H groups in total. The molecule has 4 heteroatoms. The fourth-order valence-electron chi connectivity index (χ4n) is 0.960. The molecule has 0 amide bonds. The van der Waals surface area contributed by atoms with Crippen LogP contribution in [-0.2, 0) is 13.5 Å². The molecule has 0 spiro atoms. The maximum atomic E-state index is 10.8. The van der Waals surface area contributed by atoms with Crippen molar-refractivity contribution >= 4 is 16.8 Å². The summed E-state index contributed by atoms with van der Waals surface area (Å²) in [4.78, 5) is 10.8. The second-order valence-corrected chi connectivity index (χ2v) is 2.63. The van der Waals surface area contributed by atoms with Crippen molar-refractivity contribution < 1.29 is 4.79 Å². The first-order valence-corrected chi connectivity index (χ1v) is 3.75. The smallest absolute Gasteiger partial charge is 0.255 e. The topological polar surface area (TPSA) is 34.9 Å². The Morgan fingerprint density at radius 1 is 1.82 bits per heavy atom. The van der Waals surface area contributed by atoms with Crippen molar-refractivity contribution in [2.24, 2.45) is 7.05 Å². The van der Waals surface area contributed by atoms with Crippen molar-refractivity contribution in [1.82, 2.24) is 9.78 Å². The number of halogens is 1. The maximum absolute atomic E-state index is 10.8. The van der Waals surface area contributed by atoms with Gasteiger partial charge in [-0.15, -0.1) is 0 Å². The molecular formula is C7H9ClN2O. The largest absolute Gasteiger partial charge is 0.275 e. The van der Waals surface area contributed by atoms with Crippen LogP contribution in [0.1, 0.15) is 23.0 Å². The van der Waals surface area contributed by atoms with E-state index in [-0.39, 0.29) is 0 Å². The molecule has 0 saturated heterocycles. The highest BCUT2D eigenvalue weighted by Gasteiger charge is 2.10. The summed E-state index contributed by atoms with van der Waals surface area (Å²) in [5, 5.41) is 3.63. The van der Waals surface area contributed by atoms with E-state index >= 15 is 0 Å². The summed E-state index contributed by atoms with van der Waals surface area (Å²) in [6.07, 6.45) is 2.36. The summed E-state index contributed by atoms with van der Waals surface area (Å²) < 4.78 is 1.59. The molecule has 0 aliphatic carbocycles. The molecule has 0 radical (unpaired) electrons. The van der Waals surface area contributed by atoms with Crippen LogP contribution < -0.4 is 0 Å². The van der Waals surface area contributed by atoms with Crippen LogP contribution in [-0.4, -0.2) is 15.0 Å². The Morgan fingerprint density at radius 2 is 2.45 bits per heavy atom. The van der Waals surface area contributed by atoms with Gasteiger partial charge in [0.15, 0.2) is 0 Å². The van der Waals surface area contributed by atoms with E-state index in [9.17, 15) is 4.79 Å². The fraction of sp³-hybridized carbons (Fsp3) is 0.429. The summed E-state index contributed by atoms with van der Waals surface area (Å²) in [5.41, 5.74) is 1.27. The lowest BCUT2D eigenvalue weighted by Gasteiger charge is -1.88. The Hall–Kier alpha value is -0.830. The average molecular weight is 173 g/mol. The fourth-order valence-corrected chi connectivity index (χ4v) is 1.12. The van der Waals surface area contributed by atoms with E-state index in [4.69, 9.17) is 11.6 Å². The van der Waals surface area contributed by atoms with Gasteiger partial charge in [-0.2, -0.15) is 5.10 Å². The molecule has 1 heterocycles. The molecule has 0 unspecified atom stereocenters. The van der Waals surface area contributed by atoms with E-state index in [1.54, 1.807) is 17.9 Å². The van der Waals surface area contributed by atoms with Crippen LogP contribution in [0.2, 0.25) is 0 Å². The number of aromatic nitrogens is 2. The van der Waals surface area contributed by atoms with Gasteiger partial charge in [0.25, 0.3) is 5.24 Å². The lowest BCUT2D eigenvalue weighted by atomic mass is 10.2. The Morgan fingerprint density at radius 3 is 2.82 bits per heavy atom. The molecule has 0 aliphatic heterocycles. The van der Waals surface area contributed by atoms with Gasteiger partial charge in [0.2, 0.25) is 0 Å². The minimum atomic E-state index is -0.435. The van der Waals surface area contributed by atoms with Crippen LogP contribution in [0, 0.1) is 0 Å². The molecule has 3 nitrogen and oxygen atoms in total. The minimum absolute atomic E-state index is 0.435. The summed E-state index contributed by atoms with van der Waals surface area (Å²) >= 11 is 5.31. The van der Waals surface area contributed by atoms with E-state index in [0.717, 1.165) is 12.1 Å². The summed E-state index contributed by atoms with van der Waals surface area (Å²) in [6, 6.07) is 0. The van der Waals surface area contributed by atoms with Crippen molar-refractivity contribution in [2.75, 3.05) is 0 Å². The molecule has 0 saturated carbocycles. The van der Waals surface area contributed by atoms with E-state index in [1.807, 2.05) is 6.92 Å². The standard InChI is InChI=1S/C7H9ClN2O/c1-3-6-5(7(8)11)4-10(2)9-6/h4H,3H2,1-2H3. The van der Waals surface area contributed by atoms with Crippen molar-refractivity contribution in [3.63, 3.8) is 0 Å². The van der Waals surface area contributed by atoms with Gasteiger partial charge in [-0.1, -0.05) is 6.92 Å². The third-order valence-electron chi connectivity index (χ3n) is 1.45. The first-order chi connectivity index (χ1) is 5.15. The number of hydrogen-bond acceptors (Lipinski definition) is 2. The predicted molar refractivity (Wildman–Crippen MR) is 42.8 cm³/mol. The second kappa shape index (κ2) is 3.05. The van der Waals surface area contributed by atoms with Crippen molar-refractivity contribution in [1.29, 1.82) is 0 Å². The molecule has 0 atom stereocenters. The molecule has 11 heavy (non-hydrogen) atoms. The Balaban J connectivity index is 3.12. The molecule has 0 aromatic carbocycles. The van der Waals surface area contributed by atoms with Gasteiger partial charge in [0.1, 0.15) is 0 Å². The number of carbonyl (C=O) groups excluding carboxylic acids is 1. The van der Waals surface area contributed by atoms with Crippen molar-refractivity contribution in [3.05, 3.63) is 17.5 Å². The highest BCUT2D eigenvalue weighted by atomic mass is 35.5. The monoisotopic (exact) mass is 172 g/mol. The first-order valence-electron chi connectivity index (χ1n) is 3.37.